The zero-order valence-electron chi connectivity index (χ0n) is 47.4. The van der Waals surface area contributed by atoms with Crippen LogP contribution in [-0.2, 0) is 105 Å². The van der Waals surface area contributed by atoms with Crippen LogP contribution in [-0.4, -0.2) is 254 Å². The Kier molecular flexibility index (Phi) is 27.5. The number of carboxylic acid groups (broad SMARTS) is 1. The number of ether oxygens (including phenoxy) is 12. The maximum Gasteiger partial charge on any atom is 0.408 e. The summed E-state index contributed by atoms with van der Waals surface area (Å²) >= 11 is 0. The number of hydrogen-bond donors (Lipinski definition) is 6. The lowest BCUT2D eigenvalue weighted by atomic mass is 10.1. The minimum absolute atomic E-state index is 0.00655. The van der Waals surface area contributed by atoms with Crippen molar-refractivity contribution in [2.45, 2.75) is 150 Å². The molecule has 0 spiro atoms. The van der Waals surface area contributed by atoms with E-state index in [4.69, 9.17) is 72.6 Å². The summed E-state index contributed by atoms with van der Waals surface area (Å²) in [6.45, 7) is 12.7. The first-order chi connectivity index (χ1) is 41.2. The van der Waals surface area contributed by atoms with Crippen LogP contribution in [0, 0.1) is 40.5 Å². The Bertz CT molecular complexity index is 2420. The van der Waals surface area contributed by atoms with Gasteiger partial charge in [0.15, 0.2) is 42.7 Å². The number of aliphatic carboxylic acids is 1. The zero-order chi connectivity index (χ0) is 65.6. The lowest BCUT2D eigenvalue weighted by Crippen LogP contribution is -2.40. The summed E-state index contributed by atoms with van der Waals surface area (Å²) in [4.78, 5) is 147. The summed E-state index contributed by atoms with van der Waals surface area (Å²) in [5.74, 6) is -2.62. The predicted molar refractivity (Wildman–Crippen MR) is 268 cm³/mol. The van der Waals surface area contributed by atoms with Crippen LogP contribution in [0.1, 0.15) is 41.5 Å². The topological polar surface area (TPSA) is 573 Å². The summed E-state index contributed by atoms with van der Waals surface area (Å²) in [6, 6.07) is 0. The number of primary amides is 1. The van der Waals surface area contributed by atoms with Gasteiger partial charge in [-0.25, -0.2) is 19.2 Å². The molecule has 16 atom stereocenters. The van der Waals surface area contributed by atoms with Gasteiger partial charge in [0.2, 0.25) is 12.0 Å². The van der Waals surface area contributed by atoms with Crippen LogP contribution < -0.4 is 21.7 Å². The normalized spacial score (nSPS) is 29.8. The van der Waals surface area contributed by atoms with Crippen LogP contribution in [0.25, 0.3) is 0 Å². The number of carboxylic acids is 1. The van der Waals surface area contributed by atoms with E-state index < -0.39 is 172 Å². The van der Waals surface area contributed by atoms with E-state index in [1.54, 1.807) is 41.5 Å². The summed E-state index contributed by atoms with van der Waals surface area (Å²) in [5.41, 5.74) is 3.76. The van der Waals surface area contributed by atoms with Gasteiger partial charge in [0.25, 0.3) is 26.2 Å². The molecule has 7 N–H and O–H groups in total. The summed E-state index contributed by atoms with van der Waals surface area (Å²) in [5, 5.41) is 61.4. The number of fused-ring (bicyclic) bond motifs is 4. The number of esters is 1. The molecule has 0 aromatic carbocycles. The number of aliphatic hydroxyl groups excluding tert-OH is 1. The van der Waals surface area contributed by atoms with E-state index in [9.17, 15) is 79.1 Å². The molecule has 0 aromatic heterocycles. The van der Waals surface area contributed by atoms with Crippen molar-refractivity contribution in [3.05, 3.63) is 52.9 Å². The monoisotopic (exact) mass is 1280 g/mol. The molecule has 8 aliphatic rings. The molecule has 0 saturated carbocycles. The Morgan fingerprint density at radius 3 is 1.16 bits per heavy atom. The average molecular weight is 1280 g/mol. The van der Waals surface area contributed by atoms with Crippen LogP contribution in [0.2, 0.25) is 0 Å². The minimum atomic E-state index is -1.21. The van der Waals surface area contributed by atoms with E-state index in [1.807, 2.05) is 5.32 Å². The van der Waals surface area contributed by atoms with Gasteiger partial charge in [-0.1, -0.05) is 0 Å². The van der Waals surface area contributed by atoms with Gasteiger partial charge < -0.3 is 113 Å². The number of amides is 4. The Labute approximate surface area is 494 Å². The van der Waals surface area contributed by atoms with E-state index in [0.29, 0.717) is 0 Å². The van der Waals surface area contributed by atoms with Crippen molar-refractivity contribution < 1.29 is 150 Å². The number of hydrogen-bond acceptors (Lipinski definition) is 35. The van der Waals surface area contributed by atoms with Gasteiger partial charge in [-0.05, 0) is 48.1 Å². The van der Waals surface area contributed by atoms with Crippen LogP contribution in [0.3, 0.4) is 0 Å². The molecule has 88 heavy (non-hydrogen) atoms. The fourth-order valence-corrected chi connectivity index (χ4v) is 8.45. The number of nitrogens with zero attached hydrogens (tertiary/aromatic N) is 5. The molecule has 44 heteroatoms. The third kappa shape index (κ3) is 24.4. The Morgan fingerprint density at radius 1 is 0.534 bits per heavy atom. The molecule has 0 aliphatic carbocycles. The fourth-order valence-electron chi connectivity index (χ4n) is 8.45. The largest absolute Gasteiger partial charge is 0.480 e. The third-order valence-electron chi connectivity index (χ3n) is 11.7. The molecular weight excluding hydrogens is 1210 g/mol. The Hall–Kier alpha value is -8.46. The number of aliphatic hydroxyl groups is 1. The van der Waals surface area contributed by atoms with Crippen LogP contribution in [0.5, 0.6) is 0 Å². The van der Waals surface area contributed by atoms with Crippen LogP contribution in [0.15, 0.2) is 17.5 Å². The highest BCUT2D eigenvalue weighted by molar-refractivity contribution is 5.80. The molecule has 0 bridgehead atoms. The second-order valence-electron chi connectivity index (χ2n) is 20.6. The summed E-state index contributed by atoms with van der Waals surface area (Å²) < 4.78 is 62.1. The van der Waals surface area contributed by atoms with Crippen LogP contribution >= 0.6 is 0 Å². The predicted octanol–water partition coefficient (Wildman–Crippen LogP) is -3.46. The molecule has 8 fully saturated rings. The van der Waals surface area contributed by atoms with Crippen molar-refractivity contribution in [1.29, 1.82) is 0 Å². The molecule has 8 aliphatic heterocycles. The highest BCUT2D eigenvalue weighted by atomic mass is 17.2. The van der Waals surface area contributed by atoms with E-state index in [1.165, 1.54) is 6.08 Å². The first-order valence-electron chi connectivity index (χ1n) is 25.8. The molecule has 8 heterocycles. The van der Waals surface area contributed by atoms with Crippen molar-refractivity contribution in [3.63, 3.8) is 0 Å². The number of alkyl carbamates (subject to hydrolysis) is 3. The number of carbonyl (C=O) groups is 6. The number of carbonyl (C=O) groups excluding carboxylic acids is 6. The lowest BCUT2D eigenvalue weighted by Gasteiger charge is -2.20. The molecule has 8 saturated heterocycles. The van der Waals surface area contributed by atoms with Gasteiger partial charge in [0, 0.05) is 0 Å². The maximum atomic E-state index is 11.7. The molecule has 496 valence electrons. The van der Waals surface area contributed by atoms with Gasteiger partial charge in [0.1, 0.15) is 79.2 Å². The average Bonchev–Trinajstić information content (AvgIpc) is 4.47. The third-order valence-corrected chi connectivity index (χ3v) is 11.7. The zero-order valence-corrected chi connectivity index (χ0v) is 47.4. The van der Waals surface area contributed by atoms with Crippen molar-refractivity contribution in [1.82, 2.24) is 16.0 Å². The molecule has 44 nitrogen and oxygen atoms in total. The number of nitrogens with one attached hydrogen (secondary N) is 3. The molecule has 4 amide bonds. The maximum absolute atomic E-state index is 11.7. The summed E-state index contributed by atoms with van der Waals surface area (Å²) in [7, 11) is 0. The standard InChI is InChI=1S/C13H20N2O9.C9H13N3O8.C9H12N2O9.C7H11NO3.C6H9NO6/c1-13(2,3)23-9(16)4-14-12(17)22-7-5-20-11-8(24-15(18)19)6-21-10(7)11;10-6(13)1-11-9(14)19-4-2-17-8-5(20-12(15)16)3-18-7(4)8;12-6(13)1-10-9(14)19-4-2-17-8-5(20-11(15)16)3-18-7(4)8;1-6(8-5-9)10-11-7(2,3)4;8-3-1-11-6-4(13-7(9)10)2-12-5(3)6/h7-8,10-11H,4-6H2,1-3H3,(H,14,17);4-5,7-8H,1-3H2,(H2,10,13)(H,11,14);4-5,7-8H,1-3H2,(H,10,14)(H,12,13);1H2,2-4H3;3-6,8H,1-2H2/t7-,8+,10-,11-;2*4-,5+,7-,8-;;3-,4+,5-,6-/m111.1/s1. The molecule has 0 aromatic rings. The van der Waals surface area contributed by atoms with Gasteiger partial charge in [-0.3, -0.25) is 14.4 Å². The van der Waals surface area contributed by atoms with Crippen molar-refractivity contribution in [2.75, 3.05) is 72.5 Å². The molecule has 8 rings (SSSR count). The van der Waals surface area contributed by atoms with Gasteiger partial charge in [0.05, 0.1) is 59.4 Å². The van der Waals surface area contributed by atoms with E-state index in [-0.39, 0.29) is 71.8 Å². The molecular formula is C44H65N9O35. The van der Waals surface area contributed by atoms with E-state index in [0.717, 1.165) is 0 Å². The lowest BCUT2D eigenvalue weighted by molar-refractivity contribution is -0.769. The Balaban J connectivity index is 0.000000241. The van der Waals surface area contributed by atoms with Crippen molar-refractivity contribution in [2.24, 2.45) is 10.7 Å². The highest BCUT2D eigenvalue weighted by Crippen LogP contribution is 2.33. The first-order valence-corrected chi connectivity index (χ1v) is 25.8. The Morgan fingerprint density at radius 2 is 0.841 bits per heavy atom. The smallest absolute Gasteiger partial charge is 0.408 e. The fraction of sp³-hybridized carbons (Fsp3) is 0.795. The van der Waals surface area contributed by atoms with E-state index >= 15 is 0 Å². The summed E-state index contributed by atoms with van der Waals surface area (Å²) in [6.07, 6.45) is -12.6. The van der Waals surface area contributed by atoms with E-state index in [2.05, 4.69) is 46.4 Å². The quantitative estimate of drug-likeness (QED) is 0.0101. The number of nitrogens with two attached hydrogens (primary N) is 1. The van der Waals surface area contributed by atoms with Gasteiger partial charge in [-0.2, -0.15) is 4.89 Å². The number of isocyanates is 1. The SMILES string of the molecule is C=C(N=C=O)OOC(C)(C)C.CC(C)(C)OC(=O)CNC(=O)O[C@@H]1CO[C@H]2[C@@H]1OC[C@@H]2O[N+](=O)[O-].NC(=O)CNC(=O)O[C@@H]1CO[C@H]2[C@@H]1OC[C@@H]2O[N+](=O)[O-].O=C(O)CNC(=O)O[C@@H]1CO[C@H]2[C@@H]1OC[C@@H]2O[N+](=O)[O-].O=[N+]([O-])O[C@H]1CO[C@H]2[C@@H]1OC[C@H]2O. The van der Waals surface area contributed by atoms with Gasteiger partial charge in [-0.15, -0.1) is 45.4 Å². The highest BCUT2D eigenvalue weighted by Gasteiger charge is 2.54. The number of aliphatic imine (C=N–C) groups is 1. The number of rotatable bonds is 20. The molecule has 0 unspecified atom stereocenters. The first kappa shape index (κ1) is 72.0. The van der Waals surface area contributed by atoms with Crippen LogP contribution in [0.4, 0.5) is 14.4 Å². The second kappa shape index (κ2) is 33.6. The second-order valence-corrected chi connectivity index (χ2v) is 20.6. The molecule has 0 radical (unpaired) electrons. The van der Waals surface area contributed by atoms with Crippen molar-refractivity contribution >= 4 is 42.2 Å². The van der Waals surface area contributed by atoms with Crippen molar-refractivity contribution in [3.8, 4) is 0 Å². The van der Waals surface area contributed by atoms with Gasteiger partial charge >= 0.3 is 30.2 Å². The minimum Gasteiger partial charge on any atom is -0.480 e.